The van der Waals surface area contributed by atoms with Gasteiger partial charge < -0.3 is 19.7 Å². The molecule has 2 aromatic carbocycles. The fourth-order valence-electron chi connectivity index (χ4n) is 3.26. The molecule has 2 aromatic rings. The summed E-state index contributed by atoms with van der Waals surface area (Å²) < 4.78 is 10.5. The van der Waals surface area contributed by atoms with E-state index in [0.717, 1.165) is 16.8 Å². The van der Waals surface area contributed by atoms with Crippen LogP contribution in [-0.2, 0) is 9.59 Å². The van der Waals surface area contributed by atoms with Gasteiger partial charge in [0.1, 0.15) is 11.5 Å². The van der Waals surface area contributed by atoms with E-state index in [4.69, 9.17) is 9.47 Å². The van der Waals surface area contributed by atoms with E-state index in [0.29, 0.717) is 23.7 Å². The predicted molar refractivity (Wildman–Crippen MR) is 105 cm³/mol. The Bertz CT molecular complexity index is 878. The van der Waals surface area contributed by atoms with Crippen molar-refractivity contribution < 1.29 is 19.1 Å². The summed E-state index contributed by atoms with van der Waals surface area (Å²) in [6, 6.07) is 11.2. The minimum absolute atomic E-state index is 0.0365. The van der Waals surface area contributed by atoms with Crippen LogP contribution in [0, 0.1) is 19.8 Å². The van der Waals surface area contributed by atoms with Gasteiger partial charge >= 0.3 is 0 Å². The van der Waals surface area contributed by atoms with Crippen molar-refractivity contribution in [3.05, 3.63) is 47.5 Å². The van der Waals surface area contributed by atoms with E-state index in [1.54, 1.807) is 30.2 Å². The Labute approximate surface area is 159 Å². The first-order valence-corrected chi connectivity index (χ1v) is 8.83. The summed E-state index contributed by atoms with van der Waals surface area (Å²) in [6.07, 6.45) is 0.192. The zero-order valence-electron chi connectivity index (χ0n) is 16.0. The average molecular weight is 368 g/mol. The van der Waals surface area contributed by atoms with Gasteiger partial charge in [0.25, 0.3) is 0 Å². The zero-order valence-corrected chi connectivity index (χ0v) is 16.0. The smallest absolute Gasteiger partial charge is 0.229 e. The molecular formula is C21H24N2O4. The summed E-state index contributed by atoms with van der Waals surface area (Å²) in [5.74, 6) is 0.509. The van der Waals surface area contributed by atoms with Crippen LogP contribution in [0.3, 0.4) is 0 Å². The first-order chi connectivity index (χ1) is 12.9. The monoisotopic (exact) mass is 368 g/mol. The second-order valence-electron chi connectivity index (χ2n) is 6.75. The van der Waals surface area contributed by atoms with E-state index in [-0.39, 0.29) is 18.2 Å². The normalized spacial score (nSPS) is 16.4. The van der Waals surface area contributed by atoms with Crippen molar-refractivity contribution in [2.24, 2.45) is 5.92 Å². The Morgan fingerprint density at radius 3 is 2.59 bits per heavy atom. The number of rotatable bonds is 5. The van der Waals surface area contributed by atoms with Gasteiger partial charge in [-0.1, -0.05) is 12.1 Å². The second-order valence-corrected chi connectivity index (χ2v) is 6.75. The van der Waals surface area contributed by atoms with Crippen LogP contribution >= 0.6 is 0 Å². The molecule has 0 aliphatic carbocycles. The maximum Gasteiger partial charge on any atom is 0.229 e. The van der Waals surface area contributed by atoms with Gasteiger partial charge in [0.05, 0.1) is 25.8 Å². The van der Waals surface area contributed by atoms with Crippen LogP contribution in [0.1, 0.15) is 17.5 Å². The minimum Gasteiger partial charge on any atom is -0.497 e. The van der Waals surface area contributed by atoms with Crippen LogP contribution in [0.5, 0.6) is 11.5 Å². The molecular weight excluding hydrogens is 344 g/mol. The largest absolute Gasteiger partial charge is 0.497 e. The highest BCUT2D eigenvalue weighted by Crippen LogP contribution is 2.32. The lowest BCUT2D eigenvalue weighted by Crippen LogP contribution is -2.28. The Hall–Kier alpha value is -3.02. The number of carbonyl (C=O) groups is 2. The topological polar surface area (TPSA) is 67.9 Å². The number of methoxy groups -OCH3 is 2. The summed E-state index contributed by atoms with van der Waals surface area (Å²) in [4.78, 5) is 27.0. The second kappa shape index (κ2) is 7.70. The van der Waals surface area contributed by atoms with Gasteiger partial charge in [0, 0.05) is 24.7 Å². The van der Waals surface area contributed by atoms with E-state index in [1.165, 1.54) is 7.11 Å². The number of amides is 2. The molecule has 6 heteroatoms. The first-order valence-electron chi connectivity index (χ1n) is 8.83. The van der Waals surface area contributed by atoms with E-state index in [1.807, 2.05) is 32.0 Å². The first kappa shape index (κ1) is 18.8. The quantitative estimate of drug-likeness (QED) is 0.879. The molecule has 0 bridgehead atoms. The van der Waals surface area contributed by atoms with Crippen LogP contribution in [0.2, 0.25) is 0 Å². The summed E-state index contributed by atoms with van der Waals surface area (Å²) >= 11 is 0. The molecule has 0 aromatic heterocycles. The highest BCUT2D eigenvalue weighted by Gasteiger charge is 2.36. The van der Waals surface area contributed by atoms with Crippen LogP contribution in [-0.4, -0.2) is 32.6 Å². The Balaban J connectivity index is 1.75. The van der Waals surface area contributed by atoms with Crippen molar-refractivity contribution >= 4 is 23.2 Å². The standard InChI is InChI=1S/C21H24N2O4/c1-13-5-6-14(2)18(9-13)23-12-15(10-20(23)24)21(25)22-17-8-7-16(26-3)11-19(17)27-4/h5-9,11,15H,10,12H2,1-4H3,(H,22,25)/t15-/m0/s1. The van der Waals surface area contributed by atoms with Crippen LogP contribution < -0.4 is 19.7 Å². The summed E-state index contributed by atoms with van der Waals surface area (Å²) in [7, 11) is 3.10. The van der Waals surface area contributed by atoms with Crippen LogP contribution in [0.4, 0.5) is 11.4 Å². The zero-order chi connectivity index (χ0) is 19.6. The van der Waals surface area contributed by atoms with Crippen molar-refractivity contribution in [1.29, 1.82) is 0 Å². The van der Waals surface area contributed by atoms with Gasteiger partial charge in [0.15, 0.2) is 0 Å². The van der Waals surface area contributed by atoms with Crippen molar-refractivity contribution in [3.63, 3.8) is 0 Å². The van der Waals surface area contributed by atoms with Crippen LogP contribution in [0.25, 0.3) is 0 Å². The maximum absolute atomic E-state index is 12.7. The van der Waals surface area contributed by atoms with E-state index in [2.05, 4.69) is 5.32 Å². The molecule has 1 fully saturated rings. The van der Waals surface area contributed by atoms with Crippen LogP contribution in [0.15, 0.2) is 36.4 Å². The number of benzene rings is 2. The molecule has 0 saturated carbocycles. The van der Waals surface area contributed by atoms with Gasteiger partial charge in [-0.3, -0.25) is 9.59 Å². The molecule has 0 unspecified atom stereocenters. The molecule has 1 aliphatic heterocycles. The molecule has 0 radical (unpaired) electrons. The number of hydrogen-bond donors (Lipinski definition) is 1. The Morgan fingerprint density at radius 2 is 1.89 bits per heavy atom. The number of aryl methyl sites for hydroxylation is 2. The van der Waals surface area contributed by atoms with Gasteiger partial charge in [-0.15, -0.1) is 0 Å². The van der Waals surface area contributed by atoms with E-state index >= 15 is 0 Å². The Kier molecular flexibility index (Phi) is 5.35. The summed E-state index contributed by atoms with van der Waals surface area (Å²) in [6.45, 7) is 4.33. The van der Waals surface area contributed by atoms with Gasteiger partial charge in [0.2, 0.25) is 11.8 Å². The lowest BCUT2D eigenvalue weighted by atomic mass is 10.1. The molecule has 1 N–H and O–H groups in total. The third-order valence-electron chi connectivity index (χ3n) is 4.82. The summed E-state index contributed by atoms with van der Waals surface area (Å²) in [5, 5.41) is 2.87. The summed E-state index contributed by atoms with van der Waals surface area (Å²) in [5.41, 5.74) is 3.53. The average Bonchev–Trinajstić information content (AvgIpc) is 3.05. The SMILES string of the molecule is COc1ccc(NC(=O)[C@H]2CC(=O)N(c3cc(C)ccc3C)C2)c(OC)c1. The lowest BCUT2D eigenvalue weighted by Gasteiger charge is -2.20. The van der Waals surface area contributed by atoms with Crippen molar-refractivity contribution in [2.75, 3.05) is 31.0 Å². The molecule has 3 rings (SSSR count). The van der Waals surface area contributed by atoms with E-state index in [9.17, 15) is 9.59 Å². The number of anilines is 2. The molecule has 27 heavy (non-hydrogen) atoms. The minimum atomic E-state index is -0.413. The number of ether oxygens (including phenoxy) is 2. The lowest BCUT2D eigenvalue weighted by molar-refractivity contribution is -0.122. The Morgan fingerprint density at radius 1 is 1.11 bits per heavy atom. The molecule has 2 amide bonds. The highest BCUT2D eigenvalue weighted by molar-refractivity contribution is 6.04. The third kappa shape index (κ3) is 3.89. The molecule has 6 nitrogen and oxygen atoms in total. The number of nitrogens with zero attached hydrogens (tertiary/aromatic N) is 1. The number of nitrogens with one attached hydrogen (secondary N) is 1. The maximum atomic E-state index is 12.7. The van der Waals surface area contributed by atoms with Gasteiger partial charge in [-0.05, 0) is 43.2 Å². The predicted octanol–water partition coefficient (Wildman–Crippen LogP) is 3.31. The van der Waals surface area contributed by atoms with Gasteiger partial charge in [-0.25, -0.2) is 0 Å². The van der Waals surface area contributed by atoms with E-state index < -0.39 is 5.92 Å². The van der Waals surface area contributed by atoms with Crippen molar-refractivity contribution in [2.45, 2.75) is 20.3 Å². The van der Waals surface area contributed by atoms with Crippen molar-refractivity contribution in [1.82, 2.24) is 0 Å². The van der Waals surface area contributed by atoms with Crippen molar-refractivity contribution in [3.8, 4) is 11.5 Å². The molecule has 142 valence electrons. The third-order valence-corrected chi connectivity index (χ3v) is 4.82. The highest BCUT2D eigenvalue weighted by atomic mass is 16.5. The molecule has 1 aliphatic rings. The molecule has 1 saturated heterocycles. The molecule has 1 atom stereocenters. The number of hydrogen-bond acceptors (Lipinski definition) is 4. The van der Waals surface area contributed by atoms with Gasteiger partial charge in [-0.2, -0.15) is 0 Å². The fourth-order valence-corrected chi connectivity index (χ4v) is 3.26. The fraction of sp³-hybridized carbons (Fsp3) is 0.333. The molecule has 1 heterocycles. The molecule has 0 spiro atoms. The number of carbonyl (C=O) groups excluding carboxylic acids is 2.